The first kappa shape index (κ1) is 78.8. The van der Waals surface area contributed by atoms with Crippen LogP contribution < -0.4 is 5.32 Å². The van der Waals surface area contributed by atoms with Gasteiger partial charge in [-0.25, -0.2) is 0 Å². The summed E-state index contributed by atoms with van der Waals surface area (Å²) < 4.78 is 0. The van der Waals surface area contributed by atoms with E-state index in [-0.39, 0.29) is 0 Å². The van der Waals surface area contributed by atoms with E-state index in [1.807, 2.05) is 0 Å². The summed E-state index contributed by atoms with van der Waals surface area (Å²) in [7, 11) is 0. The maximum atomic E-state index is 12.7. The van der Waals surface area contributed by atoms with Crippen molar-refractivity contribution in [1.82, 2.24) is 5.32 Å². The normalized spacial score (nSPS) is 13.5. The highest BCUT2D eigenvalue weighted by Gasteiger charge is 2.28. The van der Waals surface area contributed by atoms with E-state index in [9.17, 15) is 25.2 Å². The molecule has 0 aromatic carbocycles. The van der Waals surface area contributed by atoms with Gasteiger partial charge < -0.3 is 25.7 Å². The van der Waals surface area contributed by atoms with Gasteiger partial charge in [-0.3, -0.25) is 4.79 Å². The highest BCUT2D eigenvalue weighted by atomic mass is 16.3. The average molecular weight is 1130 g/mol. The fourth-order valence-electron chi connectivity index (χ4n) is 12.0. The minimum atomic E-state index is -1.26. The first-order valence-electron chi connectivity index (χ1n) is 36.7. The van der Waals surface area contributed by atoms with Crippen molar-refractivity contribution in [1.29, 1.82) is 0 Å². The quantitative estimate of drug-likeness (QED) is 0.0308. The van der Waals surface area contributed by atoms with Crippen molar-refractivity contribution in [3.8, 4) is 0 Å². The van der Waals surface area contributed by atoms with Crippen molar-refractivity contribution in [2.24, 2.45) is 0 Å². The van der Waals surface area contributed by atoms with E-state index in [0.29, 0.717) is 12.8 Å². The third-order valence-electron chi connectivity index (χ3n) is 17.7. The number of hydrogen-bond donors (Lipinski definition) is 5. The van der Waals surface area contributed by atoms with Gasteiger partial charge in [0.25, 0.3) is 0 Å². The van der Waals surface area contributed by atoms with Crippen LogP contribution in [-0.4, -0.2) is 57.3 Å². The lowest BCUT2D eigenvalue weighted by molar-refractivity contribution is -0.132. The predicted molar refractivity (Wildman–Crippen MR) is 353 cm³/mol. The molecule has 0 aromatic heterocycles. The minimum Gasteiger partial charge on any atom is -0.394 e. The molecule has 1 amide bonds. The number of hydrogen-bond acceptors (Lipinski definition) is 5. The summed E-state index contributed by atoms with van der Waals surface area (Å²) in [6.45, 7) is 4.12. The molecule has 5 N–H and O–H groups in total. The number of unbranched alkanes of at least 4 members (excludes halogenated alkanes) is 56. The fourth-order valence-corrected chi connectivity index (χ4v) is 12.0. The van der Waals surface area contributed by atoms with Gasteiger partial charge in [-0.05, 0) is 44.9 Å². The van der Waals surface area contributed by atoms with Crippen LogP contribution in [0.5, 0.6) is 0 Å². The molecule has 0 heterocycles. The van der Waals surface area contributed by atoms with Crippen LogP contribution in [-0.2, 0) is 4.79 Å². The number of nitrogens with one attached hydrogen (secondary N) is 1. The summed E-state index contributed by atoms with van der Waals surface area (Å²) >= 11 is 0. The smallest absolute Gasteiger partial charge is 0.249 e. The number of carbonyl (C=O) groups is 1. The third-order valence-corrected chi connectivity index (χ3v) is 17.7. The molecular formula is C74H145NO5. The summed E-state index contributed by atoms with van der Waals surface area (Å²) in [4.78, 5) is 12.7. The number of carbonyl (C=O) groups excluding carboxylic acids is 1. The summed E-state index contributed by atoms with van der Waals surface area (Å²) in [5.74, 6) is -0.576. The Kier molecular flexibility index (Phi) is 67.5. The van der Waals surface area contributed by atoms with Crippen LogP contribution in [0.3, 0.4) is 0 Å². The second-order valence-corrected chi connectivity index (χ2v) is 25.7. The lowest BCUT2D eigenvalue weighted by atomic mass is 9.99. The molecule has 0 aliphatic rings. The maximum absolute atomic E-state index is 12.7. The van der Waals surface area contributed by atoms with Gasteiger partial charge in [0, 0.05) is 0 Å². The monoisotopic (exact) mass is 1130 g/mol. The number of aliphatic hydroxyl groups is 4. The van der Waals surface area contributed by atoms with E-state index in [1.165, 1.54) is 340 Å². The van der Waals surface area contributed by atoms with E-state index in [0.717, 1.165) is 44.9 Å². The Bertz CT molecular complexity index is 1220. The highest BCUT2D eigenvalue weighted by Crippen LogP contribution is 2.20. The molecule has 6 heteroatoms. The van der Waals surface area contributed by atoms with Crippen LogP contribution in [0.15, 0.2) is 24.3 Å². The Morgan fingerprint density at radius 2 is 0.537 bits per heavy atom. The zero-order valence-electron chi connectivity index (χ0n) is 54.4. The first-order chi connectivity index (χ1) is 39.5. The van der Waals surface area contributed by atoms with Gasteiger partial charge in [-0.15, -0.1) is 0 Å². The molecule has 0 radical (unpaired) electrons. The van der Waals surface area contributed by atoms with Crippen molar-refractivity contribution in [3.05, 3.63) is 24.3 Å². The van der Waals surface area contributed by atoms with Gasteiger partial charge in [-0.1, -0.05) is 391 Å². The number of rotatable bonds is 69. The molecule has 0 saturated carbocycles. The van der Waals surface area contributed by atoms with Gasteiger partial charge >= 0.3 is 0 Å². The Morgan fingerprint density at radius 1 is 0.312 bits per heavy atom. The van der Waals surface area contributed by atoms with Gasteiger partial charge in [0.2, 0.25) is 5.91 Å². The van der Waals surface area contributed by atoms with Gasteiger partial charge in [-0.2, -0.15) is 0 Å². The van der Waals surface area contributed by atoms with E-state index < -0.39 is 36.9 Å². The number of amides is 1. The van der Waals surface area contributed by atoms with Crippen molar-refractivity contribution < 1.29 is 25.2 Å². The number of aliphatic hydroxyl groups excluding tert-OH is 4. The Labute approximate surface area is 501 Å². The molecule has 80 heavy (non-hydrogen) atoms. The van der Waals surface area contributed by atoms with E-state index in [2.05, 4.69) is 43.5 Å². The molecule has 6 nitrogen and oxygen atoms in total. The van der Waals surface area contributed by atoms with E-state index >= 15 is 0 Å². The maximum Gasteiger partial charge on any atom is 0.249 e. The van der Waals surface area contributed by atoms with E-state index in [1.54, 1.807) is 0 Å². The van der Waals surface area contributed by atoms with Crippen molar-refractivity contribution >= 4 is 5.91 Å². The van der Waals surface area contributed by atoms with Gasteiger partial charge in [0.15, 0.2) is 0 Å². The second-order valence-electron chi connectivity index (χ2n) is 25.7. The highest BCUT2D eigenvalue weighted by molar-refractivity contribution is 5.80. The van der Waals surface area contributed by atoms with Gasteiger partial charge in [0.1, 0.15) is 12.2 Å². The second kappa shape index (κ2) is 68.6. The molecule has 4 atom stereocenters. The SMILES string of the molecule is CCCCCCCCCCCCCCCCC/C=C\C/C=C\CCCCCCCCCCCCCCCCCCC(O)C(=O)NC(CO)C(O)C(O)CCCCCCCCCCCCCCCCCCCCCCCCCCCC. The Hall–Kier alpha value is -1.21. The van der Waals surface area contributed by atoms with Crippen molar-refractivity contribution in [2.75, 3.05) is 6.61 Å². The summed E-state index contributed by atoms with van der Waals surface area (Å²) in [5.41, 5.74) is 0. The van der Waals surface area contributed by atoms with E-state index in [4.69, 9.17) is 0 Å². The molecule has 4 unspecified atom stereocenters. The minimum absolute atomic E-state index is 0.372. The molecule has 0 spiro atoms. The van der Waals surface area contributed by atoms with Gasteiger partial charge in [0.05, 0.1) is 18.8 Å². The van der Waals surface area contributed by atoms with Crippen molar-refractivity contribution in [2.45, 2.75) is 436 Å². The zero-order valence-corrected chi connectivity index (χ0v) is 54.4. The van der Waals surface area contributed by atoms with Crippen LogP contribution >= 0.6 is 0 Å². The molecule has 476 valence electrons. The van der Waals surface area contributed by atoms with Crippen LogP contribution in [0.4, 0.5) is 0 Å². The molecule has 0 rings (SSSR count). The molecule has 0 aliphatic carbocycles. The topological polar surface area (TPSA) is 110 Å². The molecule has 0 aromatic rings. The van der Waals surface area contributed by atoms with Crippen LogP contribution in [0.1, 0.15) is 412 Å². The predicted octanol–water partition coefficient (Wildman–Crippen LogP) is 22.9. The third kappa shape index (κ3) is 61.4. The summed E-state index contributed by atoms with van der Waals surface area (Å²) in [6.07, 6.45) is 87.5. The average Bonchev–Trinajstić information content (AvgIpc) is 3.46. The summed E-state index contributed by atoms with van der Waals surface area (Å²) in [6, 6.07) is -0.986. The molecular weight excluding hydrogens is 983 g/mol. The van der Waals surface area contributed by atoms with Crippen LogP contribution in [0.2, 0.25) is 0 Å². The number of allylic oxidation sites excluding steroid dienone is 4. The zero-order chi connectivity index (χ0) is 58.0. The fraction of sp³-hybridized carbons (Fsp3) is 0.932. The molecule has 0 bridgehead atoms. The lowest BCUT2D eigenvalue weighted by Crippen LogP contribution is -2.53. The van der Waals surface area contributed by atoms with Crippen molar-refractivity contribution in [3.63, 3.8) is 0 Å². The Morgan fingerprint density at radius 3 is 0.787 bits per heavy atom. The standard InChI is InChI=1S/C74H145NO5/c1-3-5-7-9-11-13-15-17-19-21-23-25-27-29-31-32-33-34-35-36-37-38-39-40-41-42-44-46-48-50-52-54-56-58-60-62-64-66-68-72(78)74(80)75-70(69-76)73(79)71(77)67-65-63-61-59-57-55-53-51-49-47-45-43-30-28-26-24-22-20-18-16-14-12-10-8-6-4-2/h33-34,36-37,70-73,76-79H,3-32,35,38-69H2,1-2H3,(H,75,80)/b34-33-,37-36-. The lowest BCUT2D eigenvalue weighted by Gasteiger charge is -2.27. The Balaban J connectivity index is 3.52. The van der Waals surface area contributed by atoms with Crippen LogP contribution in [0, 0.1) is 0 Å². The largest absolute Gasteiger partial charge is 0.394 e. The molecule has 0 saturated heterocycles. The first-order valence-corrected chi connectivity index (χ1v) is 36.7. The van der Waals surface area contributed by atoms with Crippen LogP contribution in [0.25, 0.3) is 0 Å². The molecule has 0 aliphatic heterocycles. The molecule has 0 fully saturated rings. The summed E-state index contributed by atoms with van der Waals surface area (Å²) in [5, 5.41) is 44.3.